The molecule has 0 aromatic heterocycles. The standard InChI is InChI=1S/C45H87O20P3/c1-3-5-6-7-8-9-10-12-16-19-22-25-28-32-38(47)62-37(34-39(48)60-33-29-26-23-20-17-14-11-13-15-18-21-24-27-31-36(46)30-4-2)35-61-68(58,59)65-43-40(49)41(50)44(63-66(52,53)54)45(42(43)51)64-67(55,56)57/h37,40-45,49-51H,3-35H2,1-2H3,(H,58,59)(H2,52,53,54)(H2,55,56,57)/t37-,40+,41-,42?,43?,44?,45+/m1/s1. The van der Waals surface area contributed by atoms with Gasteiger partial charge in [-0.3, -0.25) is 32.5 Å². The first-order valence-electron chi connectivity index (χ1n) is 25.2. The lowest BCUT2D eigenvalue weighted by Gasteiger charge is -2.44. The fourth-order valence-corrected chi connectivity index (χ4v) is 10.2. The summed E-state index contributed by atoms with van der Waals surface area (Å²) in [5.41, 5.74) is 0. The van der Waals surface area contributed by atoms with Gasteiger partial charge in [-0.1, -0.05) is 162 Å². The Labute approximate surface area is 404 Å². The molecule has 4 unspecified atom stereocenters. The molecule has 20 nitrogen and oxygen atoms in total. The molecule has 0 amide bonds. The van der Waals surface area contributed by atoms with Crippen molar-refractivity contribution in [3.63, 3.8) is 0 Å². The van der Waals surface area contributed by atoms with Gasteiger partial charge >= 0.3 is 35.4 Å². The lowest BCUT2D eigenvalue weighted by atomic mass is 9.85. The van der Waals surface area contributed by atoms with Crippen molar-refractivity contribution in [2.45, 2.75) is 256 Å². The number of hydrogen-bond donors (Lipinski definition) is 8. The normalized spacial score (nSPS) is 21.3. The highest BCUT2D eigenvalue weighted by molar-refractivity contribution is 7.47. The monoisotopic (exact) mass is 1040 g/mol. The van der Waals surface area contributed by atoms with Crippen LogP contribution in [0.3, 0.4) is 0 Å². The number of carbonyl (C=O) groups excluding carboxylic acids is 3. The van der Waals surface area contributed by atoms with Crippen molar-refractivity contribution in [2.24, 2.45) is 0 Å². The van der Waals surface area contributed by atoms with Gasteiger partial charge in [0.05, 0.1) is 19.6 Å². The molecule has 0 spiro atoms. The van der Waals surface area contributed by atoms with Crippen molar-refractivity contribution < 1.29 is 95.4 Å². The molecule has 1 saturated carbocycles. The third-order valence-electron chi connectivity index (χ3n) is 11.8. The van der Waals surface area contributed by atoms with E-state index in [9.17, 15) is 67.9 Å². The van der Waals surface area contributed by atoms with E-state index in [1.54, 1.807) is 0 Å². The minimum atomic E-state index is -5.61. The molecule has 1 rings (SSSR count). The first-order valence-corrected chi connectivity index (χ1v) is 29.8. The van der Waals surface area contributed by atoms with Gasteiger partial charge in [-0.15, -0.1) is 0 Å². The maximum absolute atomic E-state index is 13.1. The van der Waals surface area contributed by atoms with Gasteiger partial charge in [-0.05, 0) is 25.7 Å². The molecule has 0 radical (unpaired) electrons. The van der Waals surface area contributed by atoms with Gasteiger partial charge in [-0.25, -0.2) is 13.7 Å². The molecule has 0 heterocycles. The zero-order valence-electron chi connectivity index (χ0n) is 40.7. The van der Waals surface area contributed by atoms with Gasteiger partial charge in [-0.2, -0.15) is 0 Å². The molecule has 1 aliphatic carbocycles. The molecule has 402 valence electrons. The van der Waals surface area contributed by atoms with Crippen molar-refractivity contribution in [3.8, 4) is 0 Å². The second-order valence-electron chi connectivity index (χ2n) is 18.1. The number of phosphoric ester groups is 3. The Kier molecular flexibility index (Phi) is 35.8. The van der Waals surface area contributed by atoms with Crippen LogP contribution in [0.2, 0.25) is 0 Å². The molecule has 8 atom stereocenters. The first kappa shape index (κ1) is 64.8. The summed E-state index contributed by atoms with van der Waals surface area (Å²) < 4.78 is 65.5. The fourth-order valence-electron chi connectivity index (χ4n) is 8.08. The Morgan fingerprint density at radius 2 is 0.853 bits per heavy atom. The largest absolute Gasteiger partial charge is 0.472 e. The van der Waals surface area contributed by atoms with Crippen LogP contribution in [0.1, 0.15) is 213 Å². The number of aliphatic hydroxyl groups is 3. The van der Waals surface area contributed by atoms with Crippen LogP contribution >= 0.6 is 23.5 Å². The van der Waals surface area contributed by atoms with E-state index in [0.29, 0.717) is 31.5 Å². The number of unbranched alkanes of at least 4 members (excludes halogenated alkanes) is 24. The second kappa shape index (κ2) is 37.5. The van der Waals surface area contributed by atoms with Crippen LogP contribution in [-0.4, -0.2) is 113 Å². The minimum Gasteiger partial charge on any atom is -0.466 e. The highest BCUT2D eigenvalue weighted by atomic mass is 31.2. The Morgan fingerprint density at radius 3 is 1.29 bits per heavy atom. The maximum Gasteiger partial charge on any atom is 0.472 e. The fraction of sp³-hybridized carbons (Fsp3) is 0.933. The van der Waals surface area contributed by atoms with Gasteiger partial charge in [0.2, 0.25) is 0 Å². The van der Waals surface area contributed by atoms with E-state index in [2.05, 4.69) is 16.0 Å². The molecule has 0 aromatic rings. The number of esters is 2. The molecule has 1 fully saturated rings. The van der Waals surface area contributed by atoms with E-state index in [1.165, 1.54) is 77.0 Å². The summed E-state index contributed by atoms with van der Waals surface area (Å²) in [7, 11) is -16.6. The third kappa shape index (κ3) is 33.5. The topological polar surface area (TPSA) is 320 Å². The highest BCUT2D eigenvalue weighted by Gasteiger charge is 2.56. The second-order valence-corrected chi connectivity index (χ2v) is 21.9. The van der Waals surface area contributed by atoms with Crippen molar-refractivity contribution in [2.75, 3.05) is 13.2 Å². The molecule has 68 heavy (non-hydrogen) atoms. The van der Waals surface area contributed by atoms with Gasteiger partial charge in [0.25, 0.3) is 0 Å². The highest BCUT2D eigenvalue weighted by Crippen LogP contribution is 2.51. The number of hydrogen-bond acceptors (Lipinski definition) is 15. The van der Waals surface area contributed by atoms with Crippen LogP contribution in [0.15, 0.2) is 0 Å². The van der Waals surface area contributed by atoms with Crippen molar-refractivity contribution in [1.82, 2.24) is 0 Å². The van der Waals surface area contributed by atoms with Gasteiger partial charge in [0.1, 0.15) is 48.5 Å². The summed E-state index contributed by atoms with van der Waals surface area (Å²) >= 11 is 0. The summed E-state index contributed by atoms with van der Waals surface area (Å²) in [6.07, 6.45) is 13.2. The molecule has 0 aliphatic heterocycles. The number of Topliss-reactive ketones (excluding diaryl/α,β-unsaturated/α-hetero) is 1. The number of aliphatic hydroxyl groups excluding tert-OH is 3. The summed E-state index contributed by atoms with van der Waals surface area (Å²) in [6.45, 7) is 3.36. The van der Waals surface area contributed by atoms with E-state index < -0.39 is 91.2 Å². The molecule has 0 saturated heterocycles. The third-order valence-corrected chi connectivity index (χ3v) is 13.8. The van der Waals surface area contributed by atoms with Crippen LogP contribution in [0.25, 0.3) is 0 Å². The zero-order valence-corrected chi connectivity index (χ0v) is 43.4. The van der Waals surface area contributed by atoms with Crippen LogP contribution < -0.4 is 0 Å². The van der Waals surface area contributed by atoms with Gasteiger partial charge in [0, 0.05) is 19.3 Å². The van der Waals surface area contributed by atoms with E-state index in [1.807, 2.05) is 6.92 Å². The smallest absolute Gasteiger partial charge is 0.466 e. The maximum atomic E-state index is 13.1. The number of ketones is 1. The van der Waals surface area contributed by atoms with Crippen molar-refractivity contribution >= 4 is 41.2 Å². The molecule has 8 N–H and O–H groups in total. The Balaban J connectivity index is 2.67. The van der Waals surface area contributed by atoms with Gasteiger partial charge < -0.3 is 49.3 Å². The number of ether oxygens (including phenoxy) is 2. The molecular formula is C45H87O20P3. The first-order chi connectivity index (χ1) is 32.2. The Bertz CT molecular complexity index is 1490. The van der Waals surface area contributed by atoms with Gasteiger partial charge in [0.15, 0.2) is 0 Å². The van der Waals surface area contributed by atoms with E-state index in [-0.39, 0.29) is 13.0 Å². The van der Waals surface area contributed by atoms with E-state index in [4.69, 9.17) is 18.5 Å². The summed E-state index contributed by atoms with van der Waals surface area (Å²) in [5.74, 6) is -1.14. The minimum absolute atomic E-state index is 0.0168. The predicted molar refractivity (Wildman–Crippen MR) is 253 cm³/mol. The average molecular weight is 1040 g/mol. The van der Waals surface area contributed by atoms with Crippen LogP contribution in [0.5, 0.6) is 0 Å². The SMILES string of the molecule is CCCCCCCCCCCCCCCC(=O)O[C@@H](COP(=O)(O)OC1C(O)[C@H](OP(=O)(O)O)C(OP(=O)(O)O)[C@H](O)[C@@H]1O)CC(=O)OCCCCCCCCCCCCCCCC(=O)CCC. The molecular weight excluding hydrogens is 953 g/mol. The summed E-state index contributed by atoms with van der Waals surface area (Å²) in [5, 5.41) is 31.9. The molecule has 0 aromatic carbocycles. The number of carbonyl (C=O) groups is 3. The quantitative estimate of drug-likeness (QED) is 0.0161. The lowest BCUT2D eigenvalue weighted by molar-refractivity contribution is -0.213. The van der Waals surface area contributed by atoms with Crippen LogP contribution in [0.4, 0.5) is 0 Å². The molecule has 23 heteroatoms. The molecule has 1 aliphatic rings. The predicted octanol–water partition coefficient (Wildman–Crippen LogP) is 8.70. The van der Waals surface area contributed by atoms with Crippen molar-refractivity contribution in [3.05, 3.63) is 0 Å². The average Bonchev–Trinajstić information content (AvgIpc) is 3.25. The molecule has 0 bridgehead atoms. The van der Waals surface area contributed by atoms with E-state index in [0.717, 1.165) is 83.5 Å². The van der Waals surface area contributed by atoms with Crippen LogP contribution in [0, 0.1) is 0 Å². The van der Waals surface area contributed by atoms with Crippen LogP contribution in [-0.2, 0) is 55.6 Å². The number of rotatable bonds is 44. The summed E-state index contributed by atoms with van der Waals surface area (Å²) in [6, 6.07) is 0. The summed E-state index contributed by atoms with van der Waals surface area (Å²) in [4.78, 5) is 85.1. The van der Waals surface area contributed by atoms with E-state index >= 15 is 0 Å². The van der Waals surface area contributed by atoms with Crippen molar-refractivity contribution in [1.29, 1.82) is 0 Å². The lowest BCUT2D eigenvalue weighted by Crippen LogP contribution is -2.65. The Hall–Kier alpha value is -1.18. The number of phosphoric acid groups is 3. The Morgan fingerprint density at radius 1 is 0.456 bits per heavy atom. The zero-order chi connectivity index (χ0) is 50.9.